The summed E-state index contributed by atoms with van der Waals surface area (Å²) in [7, 11) is 1.50. The molecule has 0 aliphatic heterocycles. The molecule has 3 aromatic rings. The van der Waals surface area contributed by atoms with E-state index >= 15 is 0 Å². The lowest BCUT2D eigenvalue weighted by atomic mass is 10.0. The van der Waals surface area contributed by atoms with E-state index < -0.39 is 0 Å². The molecule has 2 heterocycles. The van der Waals surface area contributed by atoms with Crippen LogP contribution in [-0.4, -0.2) is 40.6 Å². The van der Waals surface area contributed by atoms with Crippen LogP contribution in [0, 0.1) is 12.8 Å². The summed E-state index contributed by atoms with van der Waals surface area (Å²) in [6.45, 7) is 2.61. The van der Waals surface area contributed by atoms with Crippen molar-refractivity contribution in [3.63, 3.8) is 0 Å². The van der Waals surface area contributed by atoms with Crippen LogP contribution in [-0.2, 0) is 0 Å². The lowest BCUT2D eigenvalue weighted by molar-refractivity contribution is 0.0916. The van der Waals surface area contributed by atoms with Gasteiger partial charge in [-0.1, -0.05) is 24.1 Å². The maximum Gasteiger partial charge on any atom is 0.257 e. The van der Waals surface area contributed by atoms with Crippen molar-refractivity contribution in [3.8, 4) is 23.0 Å². The Kier molecular flexibility index (Phi) is 6.40. The van der Waals surface area contributed by atoms with Gasteiger partial charge in [0.05, 0.1) is 13.7 Å². The van der Waals surface area contributed by atoms with Crippen molar-refractivity contribution < 1.29 is 14.3 Å². The number of nitrogens with one attached hydrogen (secondary N) is 1. The average Bonchev–Trinajstić information content (AvgIpc) is 3.25. The molecule has 0 bridgehead atoms. The molecule has 0 spiro atoms. The Morgan fingerprint density at radius 1 is 1.06 bits per heavy atom. The third kappa shape index (κ3) is 4.82. The van der Waals surface area contributed by atoms with Gasteiger partial charge in [-0.15, -0.1) is 0 Å². The first-order chi connectivity index (χ1) is 15.2. The zero-order valence-electron chi connectivity index (χ0n) is 17.7. The number of benzene rings is 1. The van der Waals surface area contributed by atoms with Crippen LogP contribution in [0.1, 0.15) is 35.2 Å². The summed E-state index contributed by atoms with van der Waals surface area (Å²) in [5.74, 6) is 1.57. The number of carbonyl (C=O) groups excluding carboxylic acids is 1. The van der Waals surface area contributed by atoms with Crippen LogP contribution in [0.4, 0.5) is 0 Å². The molecule has 1 saturated carbocycles. The van der Waals surface area contributed by atoms with E-state index in [1.165, 1.54) is 12.7 Å². The summed E-state index contributed by atoms with van der Waals surface area (Å²) < 4.78 is 11.4. The lowest BCUT2D eigenvalue weighted by Gasteiger charge is -2.22. The van der Waals surface area contributed by atoms with Crippen LogP contribution in [0.25, 0.3) is 11.4 Å². The molecule has 0 unspecified atom stereocenters. The van der Waals surface area contributed by atoms with Gasteiger partial charge in [0.1, 0.15) is 11.3 Å². The van der Waals surface area contributed by atoms with Crippen LogP contribution < -0.4 is 14.8 Å². The number of hydrogen-bond donors (Lipinski definition) is 1. The number of hydrogen-bond acceptors (Lipinski definition) is 6. The molecule has 1 aliphatic rings. The van der Waals surface area contributed by atoms with E-state index in [-0.39, 0.29) is 23.7 Å². The largest absolute Gasteiger partial charge is 0.493 e. The van der Waals surface area contributed by atoms with Gasteiger partial charge in [-0.25, -0.2) is 15.0 Å². The Morgan fingerprint density at radius 3 is 2.58 bits per heavy atom. The van der Waals surface area contributed by atoms with E-state index in [1.807, 2.05) is 31.2 Å². The Balaban J connectivity index is 1.50. The van der Waals surface area contributed by atoms with Gasteiger partial charge in [0, 0.05) is 36.1 Å². The molecule has 0 saturated heterocycles. The normalized spacial score (nSPS) is 17.9. The molecule has 0 radical (unpaired) electrons. The lowest BCUT2D eigenvalue weighted by Crippen LogP contribution is -2.39. The van der Waals surface area contributed by atoms with Crippen molar-refractivity contribution in [1.29, 1.82) is 0 Å². The highest BCUT2D eigenvalue weighted by Gasteiger charge is 2.31. The van der Waals surface area contributed by atoms with E-state index in [9.17, 15) is 4.79 Å². The van der Waals surface area contributed by atoms with Crippen LogP contribution in [0.5, 0.6) is 11.6 Å². The van der Waals surface area contributed by atoms with Gasteiger partial charge in [0.2, 0.25) is 5.88 Å². The molecule has 1 N–H and O–H groups in total. The number of pyridine rings is 1. The smallest absolute Gasteiger partial charge is 0.257 e. The second-order valence-corrected chi connectivity index (χ2v) is 7.71. The predicted molar refractivity (Wildman–Crippen MR) is 117 cm³/mol. The SMILES string of the molecule is COc1nccc(-c2ncccn2)c1C(=O)N[C@H]1CCC[C@@H]1COc1ccc(C)cc1. The minimum Gasteiger partial charge on any atom is -0.493 e. The van der Waals surface area contributed by atoms with E-state index in [2.05, 4.69) is 20.3 Å². The maximum atomic E-state index is 13.3. The fourth-order valence-electron chi connectivity index (χ4n) is 3.95. The molecule has 1 aliphatic carbocycles. The van der Waals surface area contributed by atoms with Crippen molar-refractivity contribution in [3.05, 3.63) is 66.1 Å². The fraction of sp³-hybridized carbons (Fsp3) is 0.333. The number of rotatable bonds is 7. The van der Waals surface area contributed by atoms with Crippen molar-refractivity contribution >= 4 is 5.91 Å². The number of ether oxygens (including phenoxy) is 2. The van der Waals surface area contributed by atoms with Gasteiger partial charge in [-0.05, 0) is 44.0 Å². The van der Waals surface area contributed by atoms with Crippen molar-refractivity contribution in [2.24, 2.45) is 5.92 Å². The summed E-state index contributed by atoms with van der Waals surface area (Å²) in [4.78, 5) is 26.1. The highest BCUT2D eigenvalue weighted by Crippen LogP contribution is 2.30. The zero-order valence-corrected chi connectivity index (χ0v) is 17.7. The van der Waals surface area contributed by atoms with E-state index in [0.29, 0.717) is 23.6 Å². The Hall–Kier alpha value is -3.48. The monoisotopic (exact) mass is 418 g/mol. The van der Waals surface area contributed by atoms with E-state index in [0.717, 1.165) is 25.0 Å². The van der Waals surface area contributed by atoms with Crippen molar-refractivity contribution in [2.45, 2.75) is 32.2 Å². The Morgan fingerprint density at radius 2 is 1.84 bits per heavy atom. The molecule has 7 nitrogen and oxygen atoms in total. The first-order valence-corrected chi connectivity index (χ1v) is 10.5. The molecule has 160 valence electrons. The summed E-state index contributed by atoms with van der Waals surface area (Å²) in [5.41, 5.74) is 2.14. The fourth-order valence-corrected chi connectivity index (χ4v) is 3.95. The highest BCUT2D eigenvalue weighted by molar-refractivity contribution is 6.02. The molecule has 4 rings (SSSR count). The predicted octanol–water partition coefficient (Wildman–Crippen LogP) is 3.83. The first kappa shape index (κ1) is 20.8. The van der Waals surface area contributed by atoms with Gasteiger partial charge < -0.3 is 14.8 Å². The first-order valence-electron chi connectivity index (χ1n) is 10.5. The summed E-state index contributed by atoms with van der Waals surface area (Å²) in [6, 6.07) is 11.5. The maximum absolute atomic E-state index is 13.3. The average molecular weight is 418 g/mol. The highest BCUT2D eigenvalue weighted by atomic mass is 16.5. The molecule has 2 atom stereocenters. The molecular weight excluding hydrogens is 392 g/mol. The quantitative estimate of drug-likeness (QED) is 0.628. The molecular formula is C24H26N4O3. The number of methoxy groups -OCH3 is 1. The number of amides is 1. The third-order valence-electron chi connectivity index (χ3n) is 5.60. The van der Waals surface area contributed by atoms with Gasteiger partial charge in [0.25, 0.3) is 5.91 Å². The second kappa shape index (κ2) is 9.55. The topological polar surface area (TPSA) is 86.2 Å². The molecule has 7 heteroatoms. The van der Waals surface area contributed by atoms with Crippen LogP contribution in [0.15, 0.2) is 55.0 Å². The number of aromatic nitrogens is 3. The zero-order chi connectivity index (χ0) is 21.6. The molecule has 1 fully saturated rings. The number of carbonyl (C=O) groups is 1. The standard InChI is InChI=1S/C24H26N4O3/c1-16-7-9-18(10-8-16)31-15-17-5-3-6-20(17)28-23(29)21-19(11-14-27-24(21)30-2)22-25-12-4-13-26-22/h4,7-14,17,20H,3,5-6,15H2,1-2H3,(H,28,29)/t17-,20+/m1/s1. The van der Waals surface area contributed by atoms with Gasteiger partial charge in [-0.2, -0.15) is 0 Å². The van der Waals surface area contributed by atoms with Crippen LogP contribution in [0.2, 0.25) is 0 Å². The van der Waals surface area contributed by atoms with Crippen molar-refractivity contribution in [1.82, 2.24) is 20.3 Å². The van der Waals surface area contributed by atoms with Crippen LogP contribution >= 0.6 is 0 Å². The second-order valence-electron chi connectivity index (χ2n) is 7.71. The van der Waals surface area contributed by atoms with Crippen molar-refractivity contribution in [2.75, 3.05) is 13.7 Å². The van der Waals surface area contributed by atoms with E-state index in [4.69, 9.17) is 9.47 Å². The molecule has 1 aromatic carbocycles. The Labute approximate surface area is 181 Å². The summed E-state index contributed by atoms with van der Waals surface area (Å²) >= 11 is 0. The van der Waals surface area contributed by atoms with Gasteiger partial charge >= 0.3 is 0 Å². The summed E-state index contributed by atoms with van der Waals surface area (Å²) in [6.07, 6.45) is 7.85. The molecule has 31 heavy (non-hydrogen) atoms. The third-order valence-corrected chi connectivity index (χ3v) is 5.60. The Bertz CT molecular complexity index is 1020. The van der Waals surface area contributed by atoms with Gasteiger partial charge in [-0.3, -0.25) is 4.79 Å². The van der Waals surface area contributed by atoms with Gasteiger partial charge in [0.15, 0.2) is 5.82 Å². The summed E-state index contributed by atoms with van der Waals surface area (Å²) in [5, 5.41) is 3.18. The number of nitrogens with zero attached hydrogens (tertiary/aromatic N) is 3. The minimum absolute atomic E-state index is 0.0207. The minimum atomic E-state index is -0.236. The molecule has 2 aromatic heterocycles. The molecule has 1 amide bonds. The number of aryl methyl sites for hydroxylation is 1. The van der Waals surface area contributed by atoms with E-state index in [1.54, 1.807) is 30.7 Å². The van der Waals surface area contributed by atoms with Crippen LogP contribution in [0.3, 0.4) is 0 Å².